The summed E-state index contributed by atoms with van der Waals surface area (Å²) in [7, 11) is 0. The number of carbonyl (C=O) groups excluding carboxylic acids is 2. The molecule has 0 saturated heterocycles. The summed E-state index contributed by atoms with van der Waals surface area (Å²) in [5, 5.41) is 12.4. The molecule has 0 unspecified atom stereocenters. The van der Waals surface area contributed by atoms with Gasteiger partial charge in [-0.1, -0.05) is 49.2 Å². The van der Waals surface area contributed by atoms with E-state index in [4.69, 9.17) is 0 Å². The average molecular weight is 359 g/mol. The first-order chi connectivity index (χ1) is 13.1. The van der Waals surface area contributed by atoms with E-state index in [1.54, 1.807) is 23.1 Å². The van der Waals surface area contributed by atoms with Crippen molar-refractivity contribution in [1.82, 2.24) is 0 Å². The minimum absolute atomic E-state index is 0.160. The Hall–Kier alpha value is -3.39. The molecule has 1 heterocycles. The van der Waals surface area contributed by atoms with Gasteiger partial charge in [0.15, 0.2) is 0 Å². The number of fused-ring (bicyclic) bond motifs is 1. The highest BCUT2D eigenvalue weighted by molar-refractivity contribution is 6.37. The molecule has 3 rings (SSSR count). The fourth-order valence-corrected chi connectivity index (χ4v) is 3.11. The molecule has 0 bridgehead atoms. The first kappa shape index (κ1) is 18.4. The zero-order valence-corrected chi connectivity index (χ0v) is 15.5. The molecular weight excluding hydrogens is 338 g/mol. The van der Waals surface area contributed by atoms with E-state index in [-0.39, 0.29) is 17.1 Å². The quantitative estimate of drug-likeness (QED) is 0.646. The molecule has 5 heteroatoms. The van der Waals surface area contributed by atoms with Gasteiger partial charge in [-0.15, -0.1) is 0 Å². The lowest BCUT2D eigenvalue weighted by Gasteiger charge is -2.16. The number of hydrogen-bond acceptors (Lipinski definition) is 3. The summed E-state index contributed by atoms with van der Waals surface area (Å²) in [6.45, 7) is 4.57. The van der Waals surface area contributed by atoms with Gasteiger partial charge >= 0.3 is 0 Å². The molecular formula is C22H21N3O2. The Kier molecular flexibility index (Phi) is 5.37. The second kappa shape index (κ2) is 7.88. The number of amides is 2. The van der Waals surface area contributed by atoms with Gasteiger partial charge in [-0.2, -0.15) is 5.26 Å². The molecule has 0 aliphatic carbocycles. The van der Waals surface area contributed by atoms with E-state index in [9.17, 15) is 14.9 Å². The largest absolute Gasteiger partial charge is 0.321 e. The summed E-state index contributed by atoms with van der Waals surface area (Å²) in [4.78, 5) is 27.4. The van der Waals surface area contributed by atoms with Crippen LogP contribution in [0.5, 0.6) is 0 Å². The van der Waals surface area contributed by atoms with Crippen LogP contribution in [0.3, 0.4) is 0 Å². The number of benzene rings is 2. The van der Waals surface area contributed by atoms with Crippen LogP contribution in [0.15, 0.2) is 54.1 Å². The third-order valence-corrected chi connectivity index (χ3v) is 4.56. The van der Waals surface area contributed by atoms with Crippen molar-refractivity contribution in [3.05, 3.63) is 65.2 Å². The van der Waals surface area contributed by atoms with Crippen LogP contribution in [0.4, 0.5) is 11.4 Å². The molecule has 2 amide bonds. The van der Waals surface area contributed by atoms with Gasteiger partial charge in [0.25, 0.3) is 11.8 Å². The van der Waals surface area contributed by atoms with Gasteiger partial charge in [-0.3, -0.25) is 9.59 Å². The van der Waals surface area contributed by atoms with Gasteiger partial charge < -0.3 is 10.2 Å². The van der Waals surface area contributed by atoms with E-state index in [1.165, 1.54) is 0 Å². The number of carbonyl (C=O) groups is 2. The molecule has 0 aromatic heterocycles. The fourth-order valence-electron chi connectivity index (χ4n) is 3.11. The number of aryl methyl sites for hydroxylation is 1. The Morgan fingerprint density at radius 1 is 1.15 bits per heavy atom. The summed E-state index contributed by atoms with van der Waals surface area (Å²) >= 11 is 0. The summed E-state index contributed by atoms with van der Waals surface area (Å²) < 4.78 is 0. The Balaban J connectivity index is 2.00. The Morgan fingerprint density at radius 3 is 2.52 bits per heavy atom. The molecule has 0 spiro atoms. The van der Waals surface area contributed by atoms with E-state index < -0.39 is 5.91 Å². The molecule has 0 radical (unpaired) electrons. The van der Waals surface area contributed by atoms with E-state index in [2.05, 4.69) is 12.2 Å². The number of hydrogen-bond donors (Lipinski definition) is 1. The Bertz CT molecular complexity index is 952. The highest BCUT2D eigenvalue weighted by Gasteiger charge is 2.35. The molecule has 0 atom stereocenters. The number of unbranched alkanes of at least 4 members (excludes halogenated alkanes) is 1. The van der Waals surface area contributed by atoms with Crippen LogP contribution in [0.1, 0.15) is 30.9 Å². The minimum Gasteiger partial charge on any atom is -0.321 e. The van der Waals surface area contributed by atoms with Crippen LogP contribution in [-0.2, 0) is 9.59 Å². The van der Waals surface area contributed by atoms with Crippen LogP contribution in [0.25, 0.3) is 5.57 Å². The first-order valence-electron chi connectivity index (χ1n) is 9.00. The highest BCUT2D eigenvalue weighted by atomic mass is 16.2. The lowest BCUT2D eigenvalue weighted by atomic mass is 10.0. The van der Waals surface area contributed by atoms with Crippen molar-refractivity contribution < 1.29 is 9.59 Å². The summed E-state index contributed by atoms with van der Waals surface area (Å²) in [6, 6.07) is 16.5. The predicted molar refractivity (Wildman–Crippen MR) is 106 cm³/mol. The summed E-state index contributed by atoms with van der Waals surface area (Å²) in [6.07, 6.45) is 1.80. The van der Waals surface area contributed by atoms with Gasteiger partial charge in [0.05, 0.1) is 11.3 Å². The van der Waals surface area contributed by atoms with Crippen molar-refractivity contribution >= 4 is 28.8 Å². The van der Waals surface area contributed by atoms with Crippen molar-refractivity contribution in [2.45, 2.75) is 26.7 Å². The number of nitrogens with one attached hydrogen (secondary N) is 1. The monoisotopic (exact) mass is 359 g/mol. The van der Waals surface area contributed by atoms with Crippen LogP contribution in [0, 0.1) is 18.3 Å². The zero-order valence-electron chi connectivity index (χ0n) is 15.5. The molecule has 2 aromatic carbocycles. The topological polar surface area (TPSA) is 73.2 Å². The third kappa shape index (κ3) is 3.61. The van der Waals surface area contributed by atoms with E-state index in [1.807, 2.05) is 43.3 Å². The van der Waals surface area contributed by atoms with Crippen molar-refractivity contribution in [2.24, 2.45) is 0 Å². The third-order valence-electron chi connectivity index (χ3n) is 4.56. The lowest BCUT2D eigenvalue weighted by Crippen LogP contribution is -2.28. The zero-order chi connectivity index (χ0) is 19.4. The fraction of sp³-hybridized carbons (Fsp3) is 0.227. The molecule has 2 aromatic rings. The van der Waals surface area contributed by atoms with Gasteiger partial charge in [-0.25, -0.2) is 0 Å². The normalized spacial score (nSPS) is 14.6. The van der Waals surface area contributed by atoms with Crippen molar-refractivity contribution in [3.8, 4) is 6.07 Å². The van der Waals surface area contributed by atoms with Crippen LogP contribution < -0.4 is 10.2 Å². The molecule has 27 heavy (non-hydrogen) atoms. The number of para-hydroxylation sites is 1. The van der Waals surface area contributed by atoms with E-state index >= 15 is 0 Å². The maximum atomic E-state index is 13.0. The number of rotatable bonds is 5. The predicted octanol–water partition coefficient (Wildman–Crippen LogP) is 4.06. The van der Waals surface area contributed by atoms with E-state index in [0.29, 0.717) is 17.8 Å². The van der Waals surface area contributed by atoms with Gasteiger partial charge in [0.2, 0.25) is 0 Å². The summed E-state index contributed by atoms with van der Waals surface area (Å²) in [5.41, 5.74) is 3.05. The molecule has 0 saturated carbocycles. The first-order valence-corrected chi connectivity index (χ1v) is 9.00. The molecule has 1 N–H and O–H groups in total. The van der Waals surface area contributed by atoms with Crippen molar-refractivity contribution in [3.63, 3.8) is 0 Å². The number of nitriles is 1. The average Bonchev–Trinajstić information content (AvgIpc) is 2.95. The SMILES string of the molecule is CCCCN1C(=O)C(=C(C#N)C(=O)Nc2ccc(C)cc2)c2ccccc21. The number of anilines is 2. The standard InChI is InChI=1S/C22H21N3O2/c1-3-4-13-25-19-8-6-5-7-17(19)20(22(25)27)18(14-23)21(26)24-16-11-9-15(2)10-12-16/h5-12H,3-4,13H2,1-2H3,(H,24,26). The maximum Gasteiger partial charge on any atom is 0.267 e. The smallest absolute Gasteiger partial charge is 0.267 e. The van der Waals surface area contributed by atoms with E-state index in [0.717, 1.165) is 24.1 Å². The van der Waals surface area contributed by atoms with Crippen LogP contribution in [0.2, 0.25) is 0 Å². The minimum atomic E-state index is -0.572. The molecule has 1 aliphatic heterocycles. The van der Waals surface area contributed by atoms with Gasteiger partial charge in [0.1, 0.15) is 11.6 Å². The number of nitrogens with zero attached hydrogens (tertiary/aromatic N) is 2. The Morgan fingerprint density at radius 2 is 1.85 bits per heavy atom. The van der Waals surface area contributed by atoms with Crippen molar-refractivity contribution in [1.29, 1.82) is 5.26 Å². The maximum absolute atomic E-state index is 13.0. The highest BCUT2D eigenvalue weighted by Crippen LogP contribution is 2.38. The Labute approximate surface area is 158 Å². The summed E-state index contributed by atoms with van der Waals surface area (Å²) in [5.74, 6) is -0.864. The van der Waals surface area contributed by atoms with Crippen molar-refractivity contribution in [2.75, 3.05) is 16.8 Å². The molecule has 5 nitrogen and oxygen atoms in total. The lowest BCUT2D eigenvalue weighted by molar-refractivity contribution is -0.114. The van der Waals surface area contributed by atoms with Crippen LogP contribution >= 0.6 is 0 Å². The molecule has 1 aliphatic rings. The van der Waals surface area contributed by atoms with Crippen LogP contribution in [-0.4, -0.2) is 18.4 Å². The van der Waals surface area contributed by atoms with Gasteiger partial charge in [0, 0.05) is 17.8 Å². The molecule has 0 fully saturated rings. The second-order valence-electron chi connectivity index (χ2n) is 6.51. The second-order valence-corrected chi connectivity index (χ2v) is 6.51. The van der Waals surface area contributed by atoms with Gasteiger partial charge in [-0.05, 0) is 31.5 Å². The molecule has 136 valence electrons.